The highest BCUT2D eigenvalue weighted by atomic mass is 16.5. The second-order valence-electron chi connectivity index (χ2n) is 3.59. The van der Waals surface area contributed by atoms with Crippen molar-refractivity contribution >= 4 is 11.4 Å². The lowest BCUT2D eigenvalue weighted by Gasteiger charge is -2.09. The number of nitrogen functional groups attached to an aromatic ring is 1. The van der Waals surface area contributed by atoms with E-state index in [-0.39, 0.29) is 0 Å². The Bertz CT molecular complexity index is 300. The third-order valence-electron chi connectivity index (χ3n) is 2.34. The van der Waals surface area contributed by atoms with E-state index >= 15 is 0 Å². The van der Waals surface area contributed by atoms with Crippen LogP contribution in [0.4, 0.5) is 11.4 Å². The molecule has 0 aliphatic heterocycles. The molecule has 0 saturated heterocycles. The average molecular weight is 208 g/mol. The van der Waals surface area contributed by atoms with Gasteiger partial charge in [-0.2, -0.15) is 0 Å². The number of unbranched alkanes of at least 4 members (excludes halogenated alkanes) is 2. The van der Waals surface area contributed by atoms with Gasteiger partial charge in [-0.15, -0.1) is 0 Å². The largest absolute Gasteiger partial charge is 0.495 e. The van der Waals surface area contributed by atoms with Gasteiger partial charge in [-0.3, -0.25) is 0 Å². The molecule has 0 aliphatic carbocycles. The molecule has 0 saturated carbocycles. The molecule has 0 unspecified atom stereocenters. The van der Waals surface area contributed by atoms with E-state index in [9.17, 15) is 0 Å². The molecular formula is C12H20N2O. The van der Waals surface area contributed by atoms with Crippen LogP contribution in [0.5, 0.6) is 5.75 Å². The number of methoxy groups -OCH3 is 1. The lowest BCUT2D eigenvalue weighted by molar-refractivity contribution is 0.417. The molecule has 0 atom stereocenters. The molecule has 15 heavy (non-hydrogen) atoms. The quantitative estimate of drug-likeness (QED) is 0.558. The second-order valence-corrected chi connectivity index (χ2v) is 3.59. The van der Waals surface area contributed by atoms with Crippen LogP contribution in [0.3, 0.4) is 0 Å². The van der Waals surface area contributed by atoms with Crippen LogP contribution in [0.15, 0.2) is 18.2 Å². The zero-order chi connectivity index (χ0) is 11.1. The van der Waals surface area contributed by atoms with E-state index in [1.54, 1.807) is 7.11 Å². The molecular weight excluding hydrogens is 188 g/mol. The Balaban J connectivity index is 2.47. The third kappa shape index (κ3) is 3.70. The summed E-state index contributed by atoms with van der Waals surface area (Å²) < 4.78 is 5.15. The van der Waals surface area contributed by atoms with Gasteiger partial charge in [-0.05, 0) is 18.6 Å². The predicted molar refractivity (Wildman–Crippen MR) is 65.4 cm³/mol. The van der Waals surface area contributed by atoms with Gasteiger partial charge in [0.1, 0.15) is 5.75 Å². The van der Waals surface area contributed by atoms with E-state index in [0.29, 0.717) is 5.69 Å². The number of hydrogen-bond donors (Lipinski definition) is 2. The van der Waals surface area contributed by atoms with E-state index < -0.39 is 0 Å². The van der Waals surface area contributed by atoms with Gasteiger partial charge in [0.2, 0.25) is 0 Å². The van der Waals surface area contributed by atoms with Gasteiger partial charge in [-0.25, -0.2) is 0 Å². The molecule has 0 spiro atoms. The highest BCUT2D eigenvalue weighted by Gasteiger charge is 1.99. The molecule has 0 radical (unpaired) electrons. The number of rotatable bonds is 6. The standard InChI is InChI=1S/C12H20N2O/c1-3-4-5-8-14-10-6-7-11(13)12(9-10)15-2/h6-7,9,14H,3-5,8,13H2,1-2H3. The number of anilines is 2. The van der Waals surface area contributed by atoms with Crippen LogP contribution in [-0.2, 0) is 0 Å². The van der Waals surface area contributed by atoms with Crippen molar-refractivity contribution in [3.8, 4) is 5.75 Å². The van der Waals surface area contributed by atoms with Crippen molar-refractivity contribution in [2.24, 2.45) is 0 Å². The summed E-state index contributed by atoms with van der Waals surface area (Å²) in [4.78, 5) is 0. The minimum absolute atomic E-state index is 0.677. The molecule has 0 aliphatic rings. The Hall–Kier alpha value is -1.38. The summed E-state index contributed by atoms with van der Waals surface area (Å²) in [5.74, 6) is 0.732. The Morgan fingerprint density at radius 1 is 1.33 bits per heavy atom. The molecule has 0 aromatic heterocycles. The first kappa shape index (κ1) is 11.7. The van der Waals surface area contributed by atoms with E-state index in [2.05, 4.69) is 12.2 Å². The van der Waals surface area contributed by atoms with Crippen molar-refractivity contribution in [3.63, 3.8) is 0 Å². The van der Waals surface area contributed by atoms with Crippen LogP contribution in [0, 0.1) is 0 Å². The summed E-state index contributed by atoms with van der Waals surface area (Å²) in [6.07, 6.45) is 3.70. The molecule has 3 N–H and O–H groups in total. The van der Waals surface area contributed by atoms with Gasteiger partial charge in [0.05, 0.1) is 12.8 Å². The number of ether oxygens (including phenoxy) is 1. The average Bonchev–Trinajstić information content (AvgIpc) is 2.26. The molecule has 0 fully saturated rings. The molecule has 1 aromatic carbocycles. The minimum Gasteiger partial charge on any atom is -0.495 e. The summed E-state index contributed by atoms with van der Waals surface area (Å²) in [5, 5.41) is 3.35. The Kier molecular flexibility index (Phi) is 4.81. The third-order valence-corrected chi connectivity index (χ3v) is 2.34. The molecule has 1 rings (SSSR count). The molecule has 3 nitrogen and oxygen atoms in total. The Labute approximate surface area is 91.6 Å². The van der Waals surface area contributed by atoms with Gasteiger partial charge in [0, 0.05) is 18.3 Å². The molecule has 0 bridgehead atoms. The first-order valence-electron chi connectivity index (χ1n) is 5.45. The van der Waals surface area contributed by atoms with Crippen LogP contribution in [0.25, 0.3) is 0 Å². The predicted octanol–water partition coefficient (Wildman–Crippen LogP) is 2.88. The van der Waals surface area contributed by atoms with Crippen molar-refractivity contribution in [3.05, 3.63) is 18.2 Å². The monoisotopic (exact) mass is 208 g/mol. The van der Waals surface area contributed by atoms with E-state index in [1.807, 2.05) is 18.2 Å². The van der Waals surface area contributed by atoms with E-state index in [4.69, 9.17) is 10.5 Å². The smallest absolute Gasteiger partial charge is 0.143 e. The molecule has 0 amide bonds. The lowest BCUT2D eigenvalue weighted by atomic mass is 10.2. The first-order valence-corrected chi connectivity index (χ1v) is 5.45. The molecule has 84 valence electrons. The fourth-order valence-electron chi connectivity index (χ4n) is 1.43. The fraction of sp³-hybridized carbons (Fsp3) is 0.500. The van der Waals surface area contributed by atoms with Crippen LogP contribution in [-0.4, -0.2) is 13.7 Å². The maximum absolute atomic E-state index is 5.72. The molecule has 1 aromatic rings. The van der Waals surface area contributed by atoms with Crippen molar-refractivity contribution in [1.82, 2.24) is 0 Å². The summed E-state index contributed by atoms with van der Waals surface area (Å²) >= 11 is 0. The van der Waals surface area contributed by atoms with Gasteiger partial charge in [0.15, 0.2) is 0 Å². The first-order chi connectivity index (χ1) is 7.27. The van der Waals surface area contributed by atoms with Crippen LogP contribution in [0.2, 0.25) is 0 Å². The summed E-state index contributed by atoms with van der Waals surface area (Å²) in [6.45, 7) is 3.20. The summed E-state index contributed by atoms with van der Waals surface area (Å²) in [7, 11) is 1.63. The lowest BCUT2D eigenvalue weighted by Crippen LogP contribution is -2.02. The molecule has 0 heterocycles. The maximum atomic E-state index is 5.72. The Morgan fingerprint density at radius 3 is 2.80 bits per heavy atom. The van der Waals surface area contributed by atoms with Gasteiger partial charge < -0.3 is 15.8 Å². The zero-order valence-corrected chi connectivity index (χ0v) is 9.55. The normalized spacial score (nSPS) is 10.0. The number of hydrogen-bond acceptors (Lipinski definition) is 3. The molecule has 3 heteroatoms. The van der Waals surface area contributed by atoms with Crippen LogP contribution >= 0.6 is 0 Å². The van der Waals surface area contributed by atoms with E-state index in [0.717, 1.165) is 18.0 Å². The van der Waals surface area contributed by atoms with Gasteiger partial charge in [0.25, 0.3) is 0 Å². The summed E-state index contributed by atoms with van der Waals surface area (Å²) in [5.41, 5.74) is 7.47. The van der Waals surface area contributed by atoms with Crippen LogP contribution in [0.1, 0.15) is 26.2 Å². The van der Waals surface area contributed by atoms with E-state index in [1.165, 1.54) is 19.3 Å². The van der Waals surface area contributed by atoms with Crippen molar-refractivity contribution < 1.29 is 4.74 Å². The summed E-state index contributed by atoms with van der Waals surface area (Å²) in [6, 6.07) is 5.77. The number of nitrogens with two attached hydrogens (primary N) is 1. The Morgan fingerprint density at radius 2 is 2.13 bits per heavy atom. The minimum atomic E-state index is 0.677. The highest BCUT2D eigenvalue weighted by Crippen LogP contribution is 2.24. The number of benzene rings is 1. The van der Waals surface area contributed by atoms with Crippen molar-refractivity contribution in [2.75, 3.05) is 24.7 Å². The van der Waals surface area contributed by atoms with Crippen molar-refractivity contribution in [2.45, 2.75) is 26.2 Å². The van der Waals surface area contributed by atoms with Gasteiger partial charge in [-0.1, -0.05) is 19.8 Å². The fourth-order valence-corrected chi connectivity index (χ4v) is 1.43. The highest BCUT2D eigenvalue weighted by molar-refractivity contribution is 5.61. The maximum Gasteiger partial charge on any atom is 0.143 e. The number of nitrogens with one attached hydrogen (secondary N) is 1. The topological polar surface area (TPSA) is 47.3 Å². The van der Waals surface area contributed by atoms with Gasteiger partial charge >= 0.3 is 0 Å². The second kappa shape index (κ2) is 6.17. The van der Waals surface area contributed by atoms with Crippen LogP contribution < -0.4 is 15.8 Å². The zero-order valence-electron chi connectivity index (χ0n) is 9.55. The van der Waals surface area contributed by atoms with Crippen molar-refractivity contribution in [1.29, 1.82) is 0 Å². The SMILES string of the molecule is CCCCCNc1ccc(N)c(OC)c1.